The quantitative estimate of drug-likeness (QED) is 0.142. The summed E-state index contributed by atoms with van der Waals surface area (Å²) in [6, 6.07) is 8.76. The molecule has 0 aliphatic heterocycles. The van der Waals surface area contributed by atoms with Gasteiger partial charge in [0.1, 0.15) is 5.69 Å². The number of azo groups is 1. The van der Waals surface area contributed by atoms with E-state index in [4.69, 9.17) is 11.6 Å². The van der Waals surface area contributed by atoms with Crippen LogP contribution in [0.1, 0.15) is 5.69 Å². The van der Waals surface area contributed by atoms with Crippen LogP contribution in [0, 0.1) is 6.92 Å². The van der Waals surface area contributed by atoms with Gasteiger partial charge < -0.3 is 5.11 Å². The van der Waals surface area contributed by atoms with E-state index in [1.54, 1.807) is 12.1 Å². The van der Waals surface area contributed by atoms with Crippen molar-refractivity contribution in [3.8, 4) is 11.6 Å². The predicted octanol–water partition coefficient (Wildman–Crippen LogP) is 8.61. The van der Waals surface area contributed by atoms with Gasteiger partial charge in [0.2, 0.25) is 15.9 Å². The van der Waals surface area contributed by atoms with Crippen LogP contribution in [0.5, 0.6) is 5.88 Å². The maximum Gasteiger partial charge on any atom is 0.460 e. The molecule has 49 heavy (non-hydrogen) atoms. The monoisotopic (exact) mass is 773 g/mol. The first-order valence-electron chi connectivity index (χ1n) is 12.4. The molecule has 8 nitrogen and oxygen atoms in total. The van der Waals surface area contributed by atoms with Crippen LogP contribution in [0.4, 0.5) is 77.2 Å². The highest BCUT2D eigenvalue weighted by atomic mass is 35.5. The molecule has 0 fully saturated rings. The molecule has 1 aromatic heterocycles. The number of nitrogens with one attached hydrogen (secondary N) is 1. The van der Waals surface area contributed by atoms with Gasteiger partial charge >= 0.3 is 41.7 Å². The SMILES string of the molecule is Cc1nn(-c2ccc(S(=O)(=O)NCC(F)(F)C(F)(F)C(F)(F)C(F)(F)C(F)(F)C(F)(F)C(F)(F)F)cc2)c(O)c1/N=N/c1ccccc1Cl. The summed E-state index contributed by atoms with van der Waals surface area (Å²) >= 11 is 5.96. The Labute approximate surface area is 268 Å². The van der Waals surface area contributed by atoms with E-state index in [9.17, 15) is 79.4 Å². The average Bonchev–Trinajstić information content (AvgIpc) is 3.27. The van der Waals surface area contributed by atoms with Crippen molar-refractivity contribution >= 4 is 33.0 Å². The third-order valence-corrected chi connectivity index (χ3v) is 8.12. The molecule has 0 amide bonds. The van der Waals surface area contributed by atoms with Crippen molar-refractivity contribution in [2.24, 2.45) is 10.2 Å². The standard InChI is InChI=1S/C24H15ClF15N5O3S/c1-11-16(43-42-15-5-3-2-4-14(15)25)17(46)45(44-11)12-6-8-13(9-7-12)49(47,48)41-10-18(26,27)19(28,29)20(30,31)21(32,33)22(34,35)23(36,37)24(38,39)40/h2-9,41,46H,10H2,1H3/b43-42+. The largest absolute Gasteiger partial charge is 0.492 e. The fourth-order valence-corrected chi connectivity index (χ4v) is 4.79. The fourth-order valence-electron chi connectivity index (χ4n) is 3.59. The van der Waals surface area contributed by atoms with Crippen molar-refractivity contribution in [3.63, 3.8) is 0 Å². The van der Waals surface area contributed by atoms with E-state index in [1.165, 1.54) is 19.1 Å². The molecular formula is C24H15ClF15N5O3S. The third kappa shape index (κ3) is 6.60. The van der Waals surface area contributed by atoms with Gasteiger partial charge in [0.05, 0.1) is 27.8 Å². The lowest BCUT2D eigenvalue weighted by atomic mass is 9.91. The van der Waals surface area contributed by atoms with E-state index in [0.717, 1.165) is 16.8 Å². The Balaban J connectivity index is 1.85. The number of rotatable bonds is 12. The molecule has 0 radical (unpaired) electrons. The summed E-state index contributed by atoms with van der Waals surface area (Å²) in [5.74, 6) is -48.9. The topological polar surface area (TPSA) is 109 Å². The molecule has 2 N–H and O–H groups in total. The summed E-state index contributed by atoms with van der Waals surface area (Å²) in [6.45, 7) is -1.95. The van der Waals surface area contributed by atoms with Crippen LogP contribution in [0.2, 0.25) is 5.02 Å². The van der Waals surface area contributed by atoms with E-state index in [1.807, 2.05) is 0 Å². The van der Waals surface area contributed by atoms with Gasteiger partial charge in [0.25, 0.3) is 0 Å². The number of hydrogen-bond acceptors (Lipinski definition) is 6. The molecule has 0 atom stereocenters. The van der Waals surface area contributed by atoms with Crippen LogP contribution in [0.15, 0.2) is 63.7 Å². The van der Waals surface area contributed by atoms with Crippen molar-refractivity contribution in [1.82, 2.24) is 14.5 Å². The summed E-state index contributed by atoms with van der Waals surface area (Å²) in [5.41, 5.74) is -0.186. The lowest BCUT2D eigenvalue weighted by Crippen LogP contribution is -2.73. The highest BCUT2D eigenvalue weighted by Crippen LogP contribution is 2.62. The summed E-state index contributed by atoms with van der Waals surface area (Å²) in [5, 5.41) is 22.3. The number of aryl methyl sites for hydroxylation is 1. The third-order valence-electron chi connectivity index (χ3n) is 6.38. The molecule has 0 saturated heterocycles. The first-order chi connectivity index (χ1) is 22.0. The minimum Gasteiger partial charge on any atom is -0.492 e. The lowest BCUT2D eigenvalue weighted by molar-refractivity contribution is -0.451. The normalized spacial score (nSPS) is 14.6. The molecule has 0 aliphatic carbocycles. The number of nitrogens with zero attached hydrogens (tertiary/aromatic N) is 4. The Kier molecular flexibility index (Phi) is 10.1. The zero-order chi connectivity index (χ0) is 37.8. The second-order valence-electron chi connectivity index (χ2n) is 9.71. The minimum atomic E-state index is -8.51. The molecule has 0 spiro atoms. The van der Waals surface area contributed by atoms with Gasteiger partial charge in [-0.05, 0) is 43.3 Å². The molecule has 272 valence electrons. The number of aromatic hydroxyl groups is 1. The van der Waals surface area contributed by atoms with Gasteiger partial charge in [-0.1, -0.05) is 23.7 Å². The van der Waals surface area contributed by atoms with Crippen LogP contribution >= 0.6 is 11.6 Å². The Morgan fingerprint density at radius 3 is 1.76 bits per heavy atom. The molecule has 0 bridgehead atoms. The van der Waals surface area contributed by atoms with Crippen LogP contribution in [-0.2, 0) is 10.0 Å². The molecule has 1 heterocycles. The molecular weight excluding hydrogens is 759 g/mol. The zero-order valence-electron chi connectivity index (χ0n) is 23.3. The van der Waals surface area contributed by atoms with Gasteiger partial charge in [0, 0.05) is 0 Å². The van der Waals surface area contributed by atoms with Gasteiger partial charge in [-0.2, -0.15) is 75.6 Å². The number of aromatic nitrogens is 2. The number of alkyl halides is 15. The van der Waals surface area contributed by atoms with Gasteiger partial charge in [-0.25, -0.2) is 13.1 Å². The first-order valence-corrected chi connectivity index (χ1v) is 14.2. The highest BCUT2D eigenvalue weighted by Gasteiger charge is 2.93. The van der Waals surface area contributed by atoms with Crippen molar-refractivity contribution in [2.75, 3.05) is 6.54 Å². The number of benzene rings is 2. The summed E-state index contributed by atoms with van der Waals surface area (Å²) < 4.78 is 227. The van der Waals surface area contributed by atoms with Crippen molar-refractivity contribution in [3.05, 3.63) is 59.2 Å². The molecule has 0 unspecified atom stereocenters. The highest BCUT2D eigenvalue weighted by molar-refractivity contribution is 7.89. The summed E-state index contributed by atoms with van der Waals surface area (Å²) in [6.07, 6.45) is -7.75. The van der Waals surface area contributed by atoms with Gasteiger partial charge in [-0.3, -0.25) is 0 Å². The van der Waals surface area contributed by atoms with Crippen LogP contribution in [0.25, 0.3) is 5.69 Å². The summed E-state index contributed by atoms with van der Waals surface area (Å²) in [4.78, 5) is -1.13. The Bertz CT molecular complexity index is 1830. The maximum absolute atomic E-state index is 14.1. The number of sulfonamides is 1. The molecule has 2 aromatic carbocycles. The van der Waals surface area contributed by atoms with Gasteiger partial charge in [-0.15, -0.1) is 10.2 Å². The van der Waals surface area contributed by atoms with Crippen molar-refractivity contribution < 1.29 is 79.4 Å². The average molecular weight is 774 g/mol. The number of hydrogen-bond donors (Lipinski definition) is 2. The fraction of sp³-hybridized carbons (Fsp3) is 0.375. The van der Waals surface area contributed by atoms with E-state index in [2.05, 4.69) is 15.3 Å². The Morgan fingerprint density at radius 2 is 1.24 bits per heavy atom. The van der Waals surface area contributed by atoms with Crippen LogP contribution in [0.3, 0.4) is 0 Å². The number of halogens is 16. The Hall–Kier alpha value is -3.80. The van der Waals surface area contributed by atoms with E-state index < -0.39 is 69.1 Å². The smallest absolute Gasteiger partial charge is 0.460 e. The lowest BCUT2D eigenvalue weighted by Gasteiger charge is -2.41. The van der Waals surface area contributed by atoms with E-state index in [-0.39, 0.29) is 27.8 Å². The molecule has 0 saturated carbocycles. The minimum absolute atomic E-state index is 0.0390. The predicted molar refractivity (Wildman–Crippen MR) is 137 cm³/mol. The maximum atomic E-state index is 14.1. The van der Waals surface area contributed by atoms with E-state index in [0.29, 0.717) is 16.9 Å². The van der Waals surface area contributed by atoms with Crippen molar-refractivity contribution in [1.29, 1.82) is 0 Å². The van der Waals surface area contributed by atoms with Gasteiger partial charge in [0.15, 0.2) is 5.69 Å². The second kappa shape index (κ2) is 12.5. The summed E-state index contributed by atoms with van der Waals surface area (Å²) in [7, 11) is -5.51. The molecule has 3 rings (SSSR count). The molecule has 0 aliphatic rings. The zero-order valence-corrected chi connectivity index (χ0v) is 24.9. The van der Waals surface area contributed by atoms with Crippen molar-refractivity contribution in [2.45, 2.75) is 53.5 Å². The van der Waals surface area contributed by atoms with Crippen LogP contribution < -0.4 is 4.72 Å². The molecule has 25 heteroatoms. The van der Waals surface area contributed by atoms with Crippen LogP contribution in [-0.4, -0.2) is 71.6 Å². The molecule has 3 aromatic rings. The Morgan fingerprint density at radius 1 is 0.755 bits per heavy atom. The first kappa shape index (κ1) is 39.6. The van der Waals surface area contributed by atoms with E-state index >= 15 is 0 Å². The second-order valence-corrected chi connectivity index (χ2v) is 11.9.